The molecule has 0 bridgehead atoms. The highest BCUT2D eigenvalue weighted by Crippen LogP contribution is 2.36. The van der Waals surface area contributed by atoms with Gasteiger partial charge in [0.1, 0.15) is 0 Å². The Hall–Kier alpha value is -0.510. The fourth-order valence-corrected chi connectivity index (χ4v) is 3.59. The van der Waals surface area contributed by atoms with Gasteiger partial charge in [0.25, 0.3) is 0 Å². The largest absolute Gasteiger partial charge is 0.380 e. The Morgan fingerprint density at radius 3 is 3.00 bits per heavy atom. The number of fused-ring (bicyclic) bond motifs is 1. The summed E-state index contributed by atoms with van der Waals surface area (Å²) in [5.41, 5.74) is 1.51. The monoisotopic (exact) mass is 263 g/mol. The molecule has 1 aliphatic heterocycles. The van der Waals surface area contributed by atoms with Crippen LogP contribution in [0.2, 0.25) is 0 Å². The van der Waals surface area contributed by atoms with Crippen molar-refractivity contribution < 1.29 is 4.74 Å². The van der Waals surface area contributed by atoms with E-state index >= 15 is 0 Å². The van der Waals surface area contributed by atoms with Gasteiger partial charge < -0.3 is 10.1 Å². The average molecular weight is 263 g/mol. The molecular formula is C15H21NOS. The molecule has 0 spiro atoms. The lowest BCUT2D eigenvalue weighted by Gasteiger charge is -2.10. The van der Waals surface area contributed by atoms with E-state index in [1.165, 1.54) is 29.7 Å². The van der Waals surface area contributed by atoms with Gasteiger partial charge in [0, 0.05) is 29.8 Å². The van der Waals surface area contributed by atoms with Crippen LogP contribution in [0.25, 0.3) is 0 Å². The molecule has 0 saturated heterocycles. The maximum absolute atomic E-state index is 5.61. The fourth-order valence-electron chi connectivity index (χ4n) is 2.31. The Morgan fingerprint density at radius 1 is 1.28 bits per heavy atom. The van der Waals surface area contributed by atoms with Gasteiger partial charge in [0.15, 0.2) is 0 Å². The Bertz CT molecular complexity index is 367. The number of thioether (sulfide) groups is 1. The first-order chi connectivity index (χ1) is 8.92. The fraction of sp³-hybridized carbons (Fsp3) is 0.600. The van der Waals surface area contributed by atoms with E-state index in [0.717, 1.165) is 32.2 Å². The third-order valence-electron chi connectivity index (χ3n) is 3.56. The molecule has 1 unspecified atom stereocenters. The molecule has 3 heteroatoms. The molecule has 98 valence electrons. The minimum atomic E-state index is 0.700. The summed E-state index contributed by atoms with van der Waals surface area (Å²) in [5, 5.41) is 4.21. The molecule has 1 aliphatic carbocycles. The van der Waals surface area contributed by atoms with Crippen LogP contribution in [0, 0.1) is 5.92 Å². The molecule has 1 N–H and O–H groups in total. The Morgan fingerprint density at radius 2 is 2.17 bits per heavy atom. The highest BCUT2D eigenvalue weighted by molar-refractivity contribution is 8.00. The van der Waals surface area contributed by atoms with Gasteiger partial charge >= 0.3 is 0 Å². The van der Waals surface area contributed by atoms with Crippen molar-refractivity contribution in [3.8, 4) is 0 Å². The molecule has 0 aromatic heterocycles. The highest BCUT2D eigenvalue weighted by Gasteiger charge is 2.22. The van der Waals surface area contributed by atoms with Crippen LogP contribution in [0.4, 0.5) is 0 Å². The lowest BCUT2D eigenvalue weighted by atomic mass is 10.1. The minimum Gasteiger partial charge on any atom is -0.380 e. The van der Waals surface area contributed by atoms with Gasteiger partial charge in [0.2, 0.25) is 0 Å². The zero-order valence-electron chi connectivity index (χ0n) is 10.7. The zero-order valence-corrected chi connectivity index (χ0v) is 11.5. The number of nitrogens with one attached hydrogen (secondary N) is 1. The number of benzene rings is 1. The molecule has 1 aromatic rings. The van der Waals surface area contributed by atoms with E-state index in [-0.39, 0.29) is 0 Å². The summed E-state index contributed by atoms with van der Waals surface area (Å²) < 4.78 is 5.61. The Labute approximate surface area is 113 Å². The van der Waals surface area contributed by atoms with Gasteiger partial charge in [-0.25, -0.2) is 0 Å². The third-order valence-corrected chi connectivity index (χ3v) is 4.88. The lowest BCUT2D eigenvalue weighted by Crippen LogP contribution is -2.27. The van der Waals surface area contributed by atoms with E-state index in [1.807, 2.05) is 11.8 Å². The van der Waals surface area contributed by atoms with E-state index in [2.05, 4.69) is 29.6 Å². The number of hydrogen-bond acceptors (Lipinski definition) is 3. The summed E-state index contributed by atoms with van der Waals surface area (Å²) in [6.45, 7) is 3.92. The SMILES string of the molecule is c1ccc2c(c1)CC(CNCCOCC1CC1)S2. The van der Waals surface area contributed by atoms with Gasteiger partial charge in [-0.05, 0) is 36.8 Å². The Balaban J connectivity index is 1.28. The molecule has 1 saturated carbocycles. The summed E-state index contributed by atoms with van der Waals surface area (Å²) in [5.74, 6) is 0.880. The number of hydrogen-bond donors (Lipinski definition) is 1. The van der Waals surface area contributed by atoms with Crippen molar-refractivity contribution in [3.63, 3.8) is 0 Å². The molecule has 3 rings (SSSR count). The van der Waals surface area contributed by atoms with E-state index in [9.17, 15) is 0 Å². The van der Waals surface area contributed by atoms with Crippen molar-refractivity contribution in [2.24, 2.45) is 5.92 Å². The van der Waals surface area contributed by atoms with Crippen molar-refractivity contribution >= 4 is 11.8 Å². The maximum atomic E-state index is 5.61. The second kappa shape index (κ2) is 6.09. The highest BCUT2D eigenvalue weighted by atomic mass is 32.2. The molecule has 0 amide bonds. The van der Waals surface area contributed by atoms with Crippen LogP contribution in [0.5, 0.6) is 0 Å². The molecule has 1 aromatic carbocycles. The van der Waals surface area contributed by atoms with Crippen molar-refractivity contribution in [2.75, 3.05) is 26.3 Å². The first-order valence-corrected chi connectivity index (χ1v) is 7.83. The second-order valence-electron chi connectivity index (χ2n) is 5.27. The summed E-state index contributed by atoms with van der Waals surface area (Å²) in [4.78, 5) is 1.47. The molecule has 1 fully saturated rings. The molecule has 1 atom stereocenters. The van der Waals surface area contributed by atoms with E-state index in [0.29, 0.717) is 5.25 Å². The summed E-state index contributed by atoms with van der Waals surface area (Å²) in [6, 6.07) is 8.76. The van der Waals surface area contributed by atoms with Crippen LogP contribution in [-0.4, -0.2) is 31.6 Å². The van der Waals surface area contributed by atoms with Crippen molar-refractivity contribution in [1.82, 2.24) is 5.32 Å². The van der Waals surface area contributed by atoms with Gasteiger partial charge in [-0.3, -0.25) is 0 Å². The normalized spacial score (nSPS) is 22.1. The van der Waals surface area contributed by atoms with Gasteiger partial charge in [-0.15, -0.1) is 11.8 Å². The summed E-state index contributed by atoms with van der Waals surface area (Å²) in [7, 11) is 0. The van der Waals surface area contributed by atoms with Gasteiger partial charge in [0.05, 0.1) is 6.61 Å². The van der Waals surface area contributed by atoms with Crippen LogP contribution in [0.3, 0.4) is 0 Å². The van der Waals surface area contributed by atoms with Gasteiger partial charge in [-0.2, -0.15) is 0 Å². The van der Waals surface area contributed by atoms with Crippen molar-refractivity contribution in [3.05, 3.63) is 29.8 Å². The topological polar surface area (TPSA) is 21.3 Å². The quantitative estimate of drug-likeness (QED) is 0.764. The summed E-state index contributed by atoms with van der Waals surface area (Å²) in [6.07, 6.45) is 3.96. The van der Waals surface area contributed by atoms with E-state index in [4.69, 9.17) is 4.74 Å². The average Bonchev–Trinajstić information content (AvgIpc) is 3.11. The van der Waals surface area contributed by atoms with Crippen LogP contribution >= 0.6 is 11.8 Å². The molecule has 18 heavy (non-hydrogen) atoms. The van der Waals surface area contributed by atoms with Crippen LogP contribution in [0.15, 0.2) is 29.2 Å². The minimum absolute atomic E-state index is 0.700. The smallest absolute Gasteiger partial charge is 0.0591 e. The second-order valence-corrected chi connectivity index (χ2v) is 6.62. The van der Waals surface area contributed by atoms with Crippen LogP contribution in [-0.2, 0) is 11.2 Å². The number of ether oxygens (including phenoxy) is 1. The molecule has 2 aliphatic rings. The van der Waals surface area contributed by atoms with Crippen LogP contribution < -0.4 is 5.32 Å². The van der Waals surface area contributed by atoms with Crippen molar-refractivity contribution in [2.45, 2.75) is 29.4 Å². The molecule has 0 radical (unpaired) electrons. The molecule has 2 nitrogen and oxygen atoms in total. The lowest BCUT2D eigenvalue weighted by molar-refractivity contribution is 0.126. The summed E-state index contributed by atoms with van der Waals surface area (Å²) >= 11 is 2.01. The maximum Gasteiger partial charge on any atom is 0.0591 e. The Kier molecular flexibility index (Phi) is 4.24. The first-order valence-electron chi connectivity index (χ1n) is 6.95. The predicted molar refractivity (Wildman–Crippen MR) is 76.2 cm³/mol. The zero-order chi connectivity index (χ0) is 12.2. The third kappa shape index (κ3) is 3.50. The van der Waals surface area contributed by atoms with E-state index in [1.54, 1.807) is 0 Å². The first kappa shape index (κ1) is 12.5. The van der Waals surface area contributed by atoms with Crippen molar-refractivity contribution in [1.29, 1.82) is 0 Å². The standard InChI is InChI=1S/C15H21NOS/c1-2-4-15-13(3-1)9-14(18-15)10-16-7-8-17-11-12-5-6-12/h1-4,12,14,16H,5-11H2. The predicted octanol–water partition coefficient (Wildman–Crippen LogP) is 2.72. The number of rotatable bonds is 7. The molecule has 1 heterocycles. The van der Waals surface area contributed by atoms with Gasteiger partial charge in [-0.1, -0.05) is 18.2 Å². The van der Waals surface area contributed by atoms with Crippen LogP contribution in [0.1, 0.15) is 18.4 Å². The molecular weight excluding hydrogens is 242 g/mol. The van der Waals surface area contributed by atoms with E-state index < -0.39 is 0 Å².